The van der Waals surface area contributed by atoms with E-state index in [0.717, 1.165) is 30.0 Å². The molecule has 2 aromatic carbocycles. The van der Waals surface area contributed by atoms with Crippen molar-refractivity contribution in [2.45, 2.75) is 50.4 Å². The van der Waals surface area contributed by atoms with Gasteiger partial charge in [-0.3, -0.25) is 9.69 Å². The molecule has 0 spiro atoms. The summed E-state index contributed by atoms with van der Waals surface area (Å²) >= 11 is 0. The molecule has 4 nitrogen and oxygen atoms in total. The van der Waals surface area contributed by atoms with Gasteiger partial charge in [-0.1, -0.05) is 48.9 Å². The van der Waals surface area contributed by atoms with Crippen LogP contribution in [0.4, 0.5) is 5.69 Å². The van der Waals surface area contributed by atoms with E-state index in [2.05, 4.69) is 17.0 Å². The highest BCUT2D eigenvalue weighted by Gasteiger charge is 2.46. The van der Waals surface area contributed by atoms with Crippen LogP contribution in [0.15, 0.2) is 54.6 Å². The average Bonchev–Trinajstić information content (AvgIpc) is 3.03. The molecule has 0 radical (unpaired) electrons. The van der Waals surface area contributed by atoms with Crippen LogP contribution < -0.4 is 9.64 Å². The van der Waals surface area contributed by atoms with Gasteiger partial charge in [0.2, 0.25) is 5.91 Å². The van der Waals surface area contributed by atoms with Crippen molar-refractivity contribution < 1.29 is 9.53 Å². The molecule has 2 unspecified atom stereocenters. The minimum atomic E-state index is -0.0534. The molecule has 2 bridgehead atoms. The predicted octanol–water partition coefficient (Wildman–Crippen LogP) is 3.61. The smallest absolute Gasteiger partial charge is 0.244 e. The van der Waals surface area contributed by atoms with Crippen LogP contribution in [0.25, 0.3) is 0 Å². The number of nitrogens with zero attached hydrogens (tertiary/aromatic N) is 2. The van der Waals surface area contributed by atoms with E-state index >= 15 is 0 Å². The predicted molar refractivity (Wildman–Crippen MR) is 101 cm³/mol. The molecule has 4 heteroatoms. The average molecular weight is 348 g/mol. The van der Waals surface area contributed by atoms with Gasteiger partial charge in [-0.25, -0.2) is 0 Å². The van der Waals surface area contributed by atoms with E-state index in [0.29, 0.717) is 12.6 Å². The Labute approximate surface area is 154 Å². The zero-order valence-corrected chi connectivity index (χ0v) is 14.9. The van der Waals surface area contributed by atoms with Gasteiger partial charge < -0.3 is 9.64 Å². The summed E-state index contributed by atoms with van der Waals surface area (Å²) in [6, 6.07) is 18.7. The molecule has 26 heavy (non-hydrogen) atoms. The van der Waals surface area contributed by atoms with E-state index in [-0.39, 0.29) is 18.1 Å². The van der Waals surface area contributed by atoms with E-state index in [1.807, 2.05) is 47.4 Å². The molecule has 2 atom stereocenters. The quantitative estimate of drug-likeness (QED) is 0.849. The number of hydrogen-bond donors (Lipinski definition) is 0. The third-order valence-corrected chi connectivity index (χ3v) is 6.03. The summed E-state index contributed by atoms with van der Waals surface area (Å²) in [5, 5.41) is 0. The summed E-state index contributed by atoms with van der Waals surface area (Å²) in [7, 11) is 0. The van der Waals surface area contributed by atoms with Crippen LogP contribution in [0, 0.1) is 0 Å². The van der Waals surface area contributed by atoms with E-state index in [1.54, 1.807) is 0 Å². The zero-order chi connectivity index (χ0) is 17.5. The Bertz CT molecular complexity index is 803. The van der Waals surface area contributed by atoms with Gasteiger partial charge in [-0.2, -0.15) is 0 Å². The van der Waals surface area contributed by atoms with Crippen LogP contribution in [-0.4, -0.2) is 35.5 Å². The second-order valence-electron chi connectivity index (χ2n) is 7.65. The Morgan fingerprint density at radius 2 is 1.77 bits per heavy atom. The number of carbonyl (C=O) groups is 1. The third-order valence-electron chi connectivity index (χ3n) is 6.03. The van der Waals surface area contributed by atoms with Crippen molar-refractivity contribution in [1.29, 1.82) is 0 Å². The molecule has 134 valence electrons. The van der Waals surface area contributed by atoms with Crippen molar-refractivity contribution >= 4 is 11.6 Å². The molecule has 2 aromatic rings. The maximum atomic E-state index is 13.6. The number of ether oxygens (including phenoxy) is 1. The van der Waals surface area contributed by atoms with E-state index in [4.69, 9.17) is 4.74 Å². The van der Waals surface area contributed by atoms with E-state index < -0.39 is 0 Å². The van der Waals surface area contributed by atoms with Crippen LogP contribution in [0.5, 0.6) is 5.75 Å². The molecule has 2 fully saturated rings. The zero-order valence-electron chi connectivity index (χ0n) is 14.9. The van der Waals surface area contributed by atoms with Gasteiger partial charge in [0.05, 0.1) is 18.3 Å². The monoisotopic (exact) mass is 348 g/mol. The van der Waals surface area contributed by atoms with Gasteiger partial charge in [0, 0.05) is 19.0 Å². The SMILES string of the molecule is O=C1C2CC(CN2C2CCC2)Oc2ccccc2N1Cc1ccccc1. The molecule has 1 saturated carbocycles. The molecule has 2 aliphatic heterocycles. The molecule has 1 saturated heterocycles. The maximum absolute atomic E-state index is 13.6. The second kappa shape index (κ2) is 6.44. The molecule has 1 amide bonds. The van der Waals surface area contributed by atoms with Gasteiger partial charge in [0.25, 0.3) is 0 Å². The Morgan fingerprint density at radius 3 is 2.54 bits per heavy atom. The number of rotatable bonds is 3. The lowest BCUT2D eigenvalue weighted by atomic mass is 9.91. The normalized spacial score (nSPS) is 25.8. The molecule has 0 N–H and O–H groups in total. The van der Waals surface area contributed by atoms with Crippen LogP contribution in [-0.2, 0) is 11.3 Å². The standard InChI is InChI=1S/C22H24N2O2/c25-22-20-13-18(15-23(20)17-9-6-10-17)26-21-12-5-4-11-19(21)24(22)14-16-7-2-1-3-8-16/h1-5,7-8,11-12,17-18,20H,6,9-10,13-15H2. The Kier molecular flexibility index (Phi) is 3.93. The number of anilines is 1. The van der Waals surface area contributed by atoms with Crippen molar-refractivity contribution in [1.82, 2.24) is 4.90 Å². The summed E-state index contributed by atoms with van der Waals surface area (Å²) in [5.74, 6) is 1.05. The molecule has 2 heterocycles. The van der Waals surface area contributed by atoms with Crippen molar-refractivity contribution in [2.24, 2.45) is 0 Å². The lowest BCUT2D eigenvalue weighted by molar-refractivity contribution is -0.124. The van der Waals surface area contributed by atoms with E-state index in [9.17, 15) is 4.79 Å². The summed E-state index contributed by atoms with van der Waals surface area (Å²) in [6.07, 6.45) is 4.62. The highest BCUT2D eigenvalue weighted by Crippen LogP contribution is 2.39. The fraction of sp³-hybridized carbons (Fsp3) is 0.409. The third kappa shape index (κ3) is 2.69. The molecule has 0 aromatic heterocycles. The molecular formula is C22H24N2O2. The fourth-order valence-electron chi connectivity index (χ4n) is 4.46. The Hall–Kier alpha value is -2.33. The first-order valence-electron chi connectivity index (χ1n) is 9.66. The minimum Gasteiger partial charge on any atom is -0.487 e. The lowest BCUT2D eigenvalue weighted by Gasteiger charge is -2.39. The van der Waals surface area contributed by atoms with Gasteiger partial charge in [-0.15, -0.1) is 0 Å². The number of hydrogen-bond acceptors (Lipinski definition) is 3. The highest BCUT2D eigenvalue weighted by molar-refractivity contribution is 5.99. The minimum absolute atomic E-state index is 0.0534. The van der Waals surface area contributed by atoms with Gasteiger partial charge in [0.15, 0.2) is 0 Å². The Balaban J connectivity index is 1.53. The number of fused-ring (bicyclic) bond motifs is 3. The second-order valence-corrected chi connectivity index (χ2v) is 7.65. The lowest BCUT2D eigenvalue weighted by Crippen LogP contribution is -2.51. The van der Waals surface area contributed by atoms with Gasteiger partial charge >= 0.3 is 0 Å². The van der Waals surface area contributed by atoms with Crippen molar-refractivity contribution in [3.8, 4) is 5.75 Å². The van der Waals surface area contributed by atoms with Crippen LogP contribution in [0.3, 0.4) is 0 Å². The first-order valence-corrected chi connectivity index (χ1v) is 9.66. The number of para-hydroxylation sites is 2. The molecule has 5 rings (SSSR count). The van der Waals surface area contributed by atoms with Crippen molar-refractivity contribution in [3.05, 3.63) is 60.2 Å². The summed E-state index contributed by atoms with van der Waals surface area (Å²) in [4.78, 5) is 18.0. The summed E-state index contributed by atoms with van der Waals surface area (Å²) < 4.78 is 6.36. The van der Waals surface area contributed by atoms with E-state index in [1.165, 1.54) is 19.3 Å². The topological polar surface area (TPSA) is 32.8 Å². The maximum Gasteiger partial charge on any atom is 0.244 e. The summed E-state index contributed by atoms with van der Waals surface area (Å²) in [6.45, 7) is 1.45. The molecule has 1 aliphatic carbocycles. The molecule has 3 aliphatic rings. The highest BCUT2D eigenvalue weighted by atomic mass is 16.5. The number of amides is 1. The number of likely N-dealkylation sites (tertiary alicyclic amines) is 1. The van der Waals surface area contributed by atoms with Crippen LogP contribution in [0.2, 0.25) is 0 Å². The molecular weight excluding hydrogens is 324 g/mol. The largest absolute Gasteiger partial charge is 0.487 e. The Morgan fingerprint density at radius 1 is 1.00 bits per heavy atom. The van der Waals surface area contributed by atoms with Crippen molar-refractivity contribution in [2.75, 3.05) is 11.4 Å². The van der Waals surface area contributed by atoms with Crippen LogP contribution >= 0.6 is 0 Å². The summed E-state index contributed by atoms with van der Waals surface area (Å²) in [5.41, 5.74) is 2.03. The number of benzene rings is 2. The van der Waals surface area contributed by atoms with Crippen LogP contribution in [0.1, 0.15) is 31.2 Å². The fourth-order valence-corrected chi connectivity index (χ4v) is 4.46. The van der Waals surface area contributed by atoms with Gasteiger partial charge in [0.1, 0.15) is 11.9 Å². The van der Waals surface area contributed by atoms with Crippen molar-refractivity contribution in [3.63, 3.8) is 0 Å². The first kappa shape index (κ1) is 15.9. The number of carbonyl (C=O) groups excluding carboxylic acids is 1. The van der Waals surface area contributed by atoms with Gasteiger partial charge in [-0.05, 0) is 30.5 Å². The first-order chi connectivity index (χ1) is 12.8.